The summed E-state index contributed by atoms with van der Waals surface area (Å²) in [7, 11) is 0. The van der Waals surface area contributed by atoms with Gasteiger partial charge in [-0.15, -0.1) is 21.5 Å². The number of benzene rings is 1. The molecule has 0 radical (unpaired) electrons. The van der Waals surface area contributed by atoms with E-state index in [1.807, 2.05) is 16.8 Å². The molecular weight excluding hydrogens is 387 g/mol. The number of amides is 1. The molecular formula is C15H10F3N5O3S. The number of tetrazole rings is 1. The fraction of sp³-hybridized carbons (Fsp3) is 0.133. The molecule has 2 heterocycles. The molecule has 0 spiro atoms. The van der Waals surface area contributed by atoms with Crippen molar-refractivity contribution in [2.75, 3.05) is 11.9 Å². The largest absolute Gasteiger partial charge is 0.454 e. The van der Waals surface area contributed by atoms with Crippen molar-refractivity contribution in [3.05, 3.63) is 47.1 Å². The van der Waals surface area contributed by atoms with Crippen LogP contribution in [-0.4, -0.2) is 38.7 Å². The lowest BCUT2D eigenvalue weighted by atomic mass is 10.3. The van der Waals surface area contributed by atoms with Gasteiger partial charge in [0, 0.05) is 0 Å². The second-order valence-corrected chi connectivity index (χ2v) is 6.00. The van der Waals surface area contributed by atoms with Crippen molar-refractivity contribution >= 4 is 28.9 Å². The second kappa shape index (κ2) is 7.95. The monoisotopic (exact) mass is 397 g/mol. The molecule has 1 N–H and O–H groups in total. The first-order valence-corrected chi connectivity index (χ1v) is 8.22. The molecule has 12 heteroatoms. The zero-order valence-electron chi connectivity index (χ0n) is 13.4. The minimum absolute atomic E-state index is 0.337. The van der Waals surface area contributed by atoms with Gasteiger partial charge < -0.3 is 10.1 Å². The first-order chi connectivity index (χ1) is 12.9. The zero-order valence-corrected chi connectivity index (χ0v) is 14.2. The molecule has 27 heavy (non-hydrogen) atoms. The van der Waals surface area contributed by atoms with E-state index in [1.165, 1.54) is 11.3 Å². The van der Waals surface area contributed by atoms with Crippen LogP contribution in [0.2, 0.25) is 0 Å². The third kappa shape index (κ3) is 4.47. The summed E-state index contributed by atoms with van der Waals surface area (Å²) in [5, 5.41) is 15.3. The molecule has 8 nitrogen and oxygen atoms in total. The SMILES string of the molecule is O=C(COC(=O)Cn1nnc(-c2cccs2)n1)Nc1ccc(F)c(F)c1F. The number of nitrogens with zero attached hydrogens (tertiary/aromatic N) is 4. The maximum absolute atomic E-state index is 13.5. The summed E-state index contributed by atoms with van der Waals surface area (Å²) >= 11 is 1.40. The number of carbonyl (C=O) groups excluding carboxylic acids is 2. The number of esters is 1. The van der Waals surface area contributed by atoms with Crippen LogP contribution in [0.25, 0.3) is 10.7 Å². The Hall–Kier alpha value is -3.28. The number of hydrogen-bond donors (Lipinski definition) is 1. The van der Waals surface area contributed by atoms with Crippen LogP contribution < -0.4 is 5.32 Å². The zero-order chi connectivity index (χ0) is 19.4. The van der Waals surface area contributed by atoms with Gasteiger partial charge >= 0.3 is 5.97 Å². The smallest absolute Gasteiger partial charge is 0.330 e. The van der Waals surface area contributed by atoms with Crippen molar-refractivity contribution in [1.82, 2.24) is 20.2 Å². The van der Waals surface area contributed by atoms with Crippen LogP contribution in [0.4, 0.5) is 18.9 Å². The Morgan fingerprint density at radius 3 is 2.74 bits per heavy atom. The van der Waals surface area contributed by atoms with E-state index in [9.17, 15) is 22.8 Å². The van der Waals surface area contributed by atoms with Crippen molar-refractivity contribution in [2.45, 2.75) is 6.54 Å². The Kier molecular flexibility index (Phi) is 5.45. The molecule has 3 rings (SSSR count). The standard InChI is InChI=1S/C15H10F3N5O3S/c16-8-3-4-9(14(18)13(8)17)19-11(24)7-26-12(25)6-23-21-15(20-22-23)10-2-1-5-27-10/h1-5H,6-7H2,(H,19,24). The van der Waals surface area contributed by atoms with Crippen molar-refractivity contribution < 1.29 is 27.5 Å². The molecule has 1 aromatic carbocycles. The maximum Gasteiger partial charge on any atom is 0.330 e. The number of thiophene rings is 1. The minimum Gasteiger partial charge on any atom is -0.454 e. The molecule has 3 aromatic rings. The summed E-state index contributed by atoms with van der Waals surface area (Å²) in [4.78, 5) is 25.1. The molecule has 1 amide bonds. The highest BCUT2D eigenvalue weighted by Gasteiger charge is 2.17. The third-order valence-electron chi connectivity index (χ3n) is 3.14. The molecule has 0 bridgehead atoms. The van der Waals surface area contributed by atoms with Crippen LogP contribution in [-0.2, 0) is 20.9 Å². The highest BCUT2D eigenvalue weighted by atomic mass is 32.1. The highest BCUT2D eigenvalue weighted by Crippen LogP contribution is 2.20. The number of halogens is 3. The number of rotatable bonds is 6. The number of nitrogens with one attached hydrogen (secondary N) is 1. The normalized spacial score (nSPS) is 10.6. The van der Waals surface area contributed by atoms with Crippen LogP contribution >= 0.6 is 11.3 Å². The fourth-order valence-electron chi connectivity index (χ4n) is 1.93. The van der Waals surface area contributed by atoms with Crippen LogP contribution in [0.5, 0.6) is 0 Å². The Morgan fingerprint density at radius 2 is 2.00 bits per heavy atom. The molecule has 0 saturated carbocycles. The maximum atomic E-state index is 13.5. The van der Waals surface area contributed by atoms with E-state index in [0.717, 1.165) is 15.7 Å². The summed E-state index contributed by atoms with van der Waals surface area (Å²) in [6, 6.07) is 5.09. The number of aromatic nitrogens is 4. The van der Waals surface area contributed by atoms with E-state index in [-0.39, 0.29) is 0 Å². The summed E-state index contributed by atoms with van der Waals surface area (Å²) in [5.41, 5.74) is -0.575. The lowest BCUT2D eigenvalue weighted by Crippen LogP contribution is -2.24. The molecule has 0 saturated heterocycles. The molecule has 2 aromatic heterocycles. The van der Waals surface area contributed by atoms with Gasteiger partial charge in [-0.25, -0.2) is 18.0 Å². The van der Waals surface area contributed by atoms with E-state index in [2.05, 4.69) is 15.4 Å². The second-order valence-electron chi connectivity index (χ2n) is 5.05. The van der Waals surface area contributed by atoms with Crippen molar-refractivity contribution in [1.29, 1.82) is 0 Å². The van der Waals surface area contributed by atoms with Gasteiger partial charge in [-0.2, -0.15) is 4.80 Å². The van der Waals surface area contributed by atoms with Crippen LogP contribution in [0.3, 0.4) is 0 Å². The summed E-state index contributed by atoms with van der Waals surface area (Å²) in [6.07, 6.45) is 0. The fourth-order valence-corrected chi connectivity index (χ4v) is 2.58. The molecule has 0 aliphatic rings. The van der Waals surface area contributed by atoms with E-state index in [1.54, 1.807) is 6.07 Å². The molecule has 0 aliphatic heterocycles. The lowest BCUT2D eigenvalue weighted by Gasteiger charge is -2.08. The van der Waals surface area contributed by atoms with Gasteiger partial charge in [-0.05, 0) is 28.8 Å². The number of hydrogen-bond acceptors (Lipinski definition) is 7. The number of carbonyl (C=O) groups is 2. The van der Waals surface area contributed by atoms with Gasteiger partial charge in [0.05, 0.1) is 10.6 Å². The average Bonchev–Trinajstić information content (AvgIpc) is 3.32. The summed E-state index contributed by atoms with van der Waals surface area (Å²) in [5.74, 6) is -6.10. The average molecular weight is 397 g/mol. The molecule has 0 unspecified atom stereocenters. The van der Waals surface area contributed by atoms with E-state index in [4.69, 9.17) is 4.74 Å². The molecule has 140 valence electrons. The summed E-state index contributed by atoms with van der Waals surface area (Å²) in [6.45, 7) is -1.16. The first kappa shape index (κ1) is 18.5. The predicted octanol–water partition coefficient (Wildman–Crippen LogP) is 2.00. The Labute approximate surface area is 153 Å². The topological polar surface area (TPSA) is 99.0 Å². The Bertz CT molecular complexity index is 977. The predicted molar refractivity (Wildman–Crippen MR) is 87.0 cm³/mol. The minimum atomic E-state index is -1.72. The van der Waals surface area contributed by atoms with Crippen LogP contribution in [0.15, 0.2) is 29.6 Å². The molecule has 0 fully saturated rings. The summed E-state index contributed by atoms with van der Waals surface area (Å²) < 4.78 is 44.1. The highest BCUT2D eigenvalue weighted by molar-refractivity contribution is 7.13. The van der Waals surface area contributed by atoms with E-state index < -0.39 is 48.2 Å². The van der Waals surface area contributed by atoms with Gasteiger partial charge in [0.25, 0.3) is 5.91 Å². The van der Waals surface area contributed by atoms with Gasteiger partial charge in [0.15, 0.2) is 30.6 Å². The van der Waals surface area contributed by atoms with E-state index in [0.29, 0.717) is 11.9 Å². The van der Waals surface area contributed by atoms with Crippen LogP contribution in [0, 0.1) is 17.5 Å². The van der Waals surface area contributed by atoms with Crippen molar-refractivity contribution in [3.8, 4) is 10.7 Å². The van der Waals surface area contributed by atoms with Gasteiger partial charge in [0.1, 0.15) is 0 Å². The molecule has 0 atom stereocenters. The Morgan fingerprint density at radius 1 is 1.19 bits per heavy atom. The van der Waals surface area contributed by atoms with Crippen molar-refractivity contribution in [2.24, 2.45) is 0 Å². The van der Waals surface area contributed by atoms with Gasteiger partial charge in [-0.3, -0.25) is 4.79 Å². The molecule has 0 aliphatic carbocycles. The lowest BCUT2D eigenvalue weighted by molar-refractivity contribution is -0.148. The number of ether oxygens (including phenoxy) is 1. The van der Waals surface area contributed by atoms with Gasteiger partial charge in [-0.1, -0.05) is 6.07 Å². The number of anilines is 1. The van der Waals surface area contributed by atoms with E-state index >= 15 is 0 Å². The van der Waals surface area contributed by atoms with Crippen molar-refractivity contribution in [3.63, 3.8) is 0 Å². The van der Waals surface area contributed by atoms with Gasteiger partial charge in [0.2, 0.25) is 5.82 Å². The van der Waals surface area contributed by atoms with Crippen LogP contribution in [0.1, 0.15) is 0 Å². The first-order valence-electron chi connectivity index (χ1n) is 7.34. The third-order valence-corrected chi connectivity index (χ3v) is 4.00. The quantitative estimate of drug-likeness (QED) is 0.505. The Balaban J connectivity index is 1.50.